The quantitative estimate of drug-likeness (QED) is 0.424. The second-order valence-corrected chi connectivity index (χ2v) is 11.2. The van der Waals surface area contributed by atoms with Gasteiger partial charge in [-0.15, -0.1) is 5.10 Å². The summed E-state index contributed by atoms with van der Waals surface area (Å²) in [5.41, 5.74) is 5.34. The molecule has 9 heteroatoms. The zero-order valence-corrected chi connectivity index (χ0v) is 21.0. The highest BCUT2D eigenvalue weighted by Gasteiger charge is 2.19. The van der Waals surface area contributed by atoms with Crippen molar-refractivity contribution in [1.82, 2.24) is 19.5 Å². The van der Waals surface area contributed by atoms with Crippen LogP contribution in [0.25, 0.3) is 16.8 Å². The predicted octanol–water partition coefficient (Wildman–Crippen LogP) is 4.59. The Balaban J connectivity index is 0.00000304. The maximum absolute atomic E-state index is 12.0. The molecule has 0 spiro atoms. The Morgan fingerprint density at radius 2 is 1.83 bits per heavy atom. The lowest BCUT2D eigenvalue weighted by atomic mass is 9.89. The molecular weight excluding hydrogens is 460 g/mol. The van der Waals surface area contributed by atoms with Gasteiger partial charge in [-0.05, 0) is 86.4 Å². The number of nitrogens with zero attached hydrogens (tertiary/aromatic N) is 5. The van der Waals surface area contributed by atoms with E-state index in [-0.39, 0.29) is 1.43 Å². The average Bonchev–Trinajstić information content (AvgIpc) is 3.26. The van der Waals surface area contributed by atoms with E-state index in [2.05, 4.69) is 40.6 Å². The maximum Gasteiger partial charge on any atom is 0.247 e. The number of rotatable bonds is 6. The normalized spacial score (nSPS) is 15.4. The van der Waals surface area contributed by atoms with Gasteiger partial charge in [0.1, 0.15) is 0 Å². The highest BCUT2D eigenvalue weighted by molar-refractivity contribution is 7.92. The van der Waals surface area contributed by atoms with Gasteiger partial charge < -0.3 is 10.2 Å². The number of anilines is 3. The van der Waals surface area contributed by atoms with Crippen LogP contribution in [-0.4, -0.2) is 61.4 Å². The molecule has 1 aliphatic rings. The number of hydrogen-bond donors (Lipinski definition) is 1. The third kappa shape index (κ3) is 5.01. The molecule has 8 nitrogen and oxygen atoms in total. The summed E-state index contributed by atoms with van der Waals surface area (Å²) in [7, 11) is 0.373. The number of fused-ring (bicyclic) bond motifs is 1. The first kappa shape index (κ1) is 23.3. The molecule has 0 aliphatic carbocycles. The molecule has 0 amide bonds. The molecule has 1 N–H and O–H groups in total. The number of likely N-dealkylation sites (tertiary alicyclic amines) is 1. The van der Waals surface area contributed by atoms with Crippen LogP contribution < -0.4 is 9.62 Å². The molecule has 35 heavy (non-hydrogen) atoms. The minimum atomic E-state index is -3.35. The summed E-state index contributed by atoms with van der Waals surface area (Å²) >= 11 is 0. The van der Waals surface area contributed by atoms with E-state index in [0.717, 1.165) is 29.9 Å². The molecule has 1 aliphatic heterocycles. The van der Waals surface area contributed by atoms with E-state index >= 15 is 0 Å². The van der Waals surface area contributed by atoms with Crippen molar-refractivity contribution < 1.29 is 9.84 Å². The summed E-state index contributed by atoms with van der Waals surface area (Å²) in [5.74, 6) is 1.09. The molecule has 0 saturated carbocycles. The standard InChI is InChI=1S/C26H30N6O2S.H2/c1-30-15-12-19(13-16-30)20-7-4-9-22(17-20)27-26-28-25-24(11-6-14-32(25)29-26)21-8-5-10-23(18-21)31(2)35(3,33)34;/h4-11,14,17-19H,12-13,15-16H2,1-3H3,(H,27,29);1H. The molecule has 3 heterocycles. The number of piperidine rings is 1. The van der Waals surface area contributed by atoms with Crippen LogP contribution in [0, 0.1) is 0 Å². The van der Waals surface area contributed by atoms with Gasteiger partial charge in [-0.1, -0.05) is 24.3 Å². The number of nitrogens with one attached hydrogen (secondary N) is 1. The third-order valence-corrected chi connectivity index (χ3v) is 7.92. The number of sulfonamides is 1. The molecule has 0 unspecified atom stereocenters. The molecule has 0 atom stereocenters. The minimum absolute atomic E-state index is 0. The molecular formula is C26H32N6O2S. The van der Waals surface area contributed by atoms with Crippen LogP contribution in [0.15, 0.2) is 66.9 Å². The van der Waals surface area contributed by atoms with Gasteiger partial charge in [0, 0.05) is 25.9 Å². The van der Waals surface area contributed by atoms with E-state index in [4.69, 9.17) is 4.98 Å². The van der Waals surface area contributed by atoms with Crippen molar-refractivity contribution in [1.29, 1.82) is 0 Å². The van der Waals surface area contributed by atoms with E-state index in [1.54, 1.807) is 17.6 Å². The topological polar surface area (TPSA) is 82.8 Å². The van der Waals surface area contributed by atoms with Gasteiger partial charge >= 0.3 is 0 Å². The van der Waals surface area contributed by atoms with E-state index in [1.165, 1.54) is 29.0 Å². The lowest BCUT2D eigenvalue weighted by Gasteiger charge is -2.29. The predicted molar refractivity (Wildman–Crippen MR) is 143 cm³/mol. The van der Waals surface area contributed by atoms with Crippen molar-refractivity contribution in [3.05, 3.63) is 72.4 Å². The molecule has 2 aromatic carbocycles. The Hall–Kier alpha value is -3.43. The van der Waals surface area contributed by atoms with Gasteiger partial charge in [-0.3, -0.25) is 4.31 Å². The Morgan fingerprint density at radius 1 is 1.06 bits per heavy atom. The smallest absolute Gasteiger partial charge is 0.247 e. The second kappa shape index (κ2) is 9.31. The lowest BCUT2D eigenvalue weighted by molar-refractivity contribution is 0.255. The van der Waals surface area contributed by atoms with Gasteiger partial charge in [0.25, 0.3) is 0 Å². The molecule has 184 valence electrons. The van der Waals surface area contributed by atoms with Crippen molar-refractivity contribution in [2.24, 2.45) is 0 Å². The molecule has 2 aromatic heterocycles. The Bertz CT molecular complexity index is 1460. The molecule has 0 radical (unpaired) electrons. The van der Waals surface area contributed by atoms with Crippen LogP contribution in [0.4, 0.5) is 17.3 Å². The fourth-order valence-corrected chi connectivity index (χ4v) is 5.08. The van der Waals surface area contributed by atoms with Gasteiger partial charge in [-0.25, -0.2) is 12.9 Å². The van der Waals surface area contributed by atoms with Gasteiger partial charge in [0.15, 0.2) is 5.65 Å². The van der Waals surface area contributed by atoms with Crippen LogP contribution in [0.3, 0.4) is 0 Å². The zero-order chi connectivity index (χ0) is 24.6. The van der Waals surface area contributed by atoms with Crippen LogP contribution >= 0.6 is 0 Å². The van der Waals surface area contributed by atoms with Gasteiger partial charge in [-0.2, -0.15) is 4.98 Å². The monoisotopic (exact) mass is 492 g/mol. The van der Waals surface area contributed by atoms with Crippen molar-refractivity contribution in [2.75, 3.05) is 43.1 Å². The van der Waals surface area contributed by atoms with Gasteiger partial charge in [0.2, 0.25) is 16.0 Å². The first-order chi connectivity index (χ1) is 16.8. The summed E-state index contributed by atoms with van der Waals surface area (Å²) < 4.78 is 27.0. The second-order valence-electron chi connectivity index (χ2n) is 9.23. The van der Waals surface area contributed by atoms with Crippen molar-refractivity contribution >= 4 is 33.0 Å². The first-order valence-corrected chi connectivity index (χ1v) is 13.6. The summed E-state index contributed by atoms with van der Waals surface area (Å²) in [6.07, 6.45) is 5.39. The summed E-state index contributed by atoms with van der Waals surface area (Å²) in [6, 6.07) is 19.8. The Kier molecular flexibility index (Phi) is 6.21. The number of aromatic nitrogens is 3. The van der Waals surface area contributed by atoms with E-state index in [1.807, 2.05) is 42.6 Å². The van der Waals surface area contributed by atoms with Crippen LogP contribution in [-0.2, 0) is 10.0 Å². The number of pyridine rings is 1. The molecule has 4 aromatic rings. The summed E-state index contributed by atoms with van der Waals surface area (Å²) in [4.78, 5) is 7.14. The van der Waals surface area contributed by atoms with E-state index in [9.17, 15) is 8.42 Å². The molecule has 0 bridgehead atoms. The van der Waals surface area contributed by atoms with Crippen LogP contribution in [0.2, 0.25) is 0 Å². The fraction of sp³-hybridized carbons (Fsp3) is 0.308. The SMILES string of the molecule is CN1CCC(c2cccc(Nc3nc4c(-c5cccc(N(C)S(C)(=O)=O)c5)cccn4n3)c2)CC1.[HH]. The van der Waals surface area contributed by atoms with Crippen LogP contribution in [0.5, 0.6) is 0 Å². The lowest BCUT2D eigenvalue weighted by Crippen LogP contribution is -2.29. The third-order valence-electron chi connectivity index (χ3n) is 6.71. The number of benzene rings is 2. The molecule has 1 saturated heterocycles. The Morgan fingerprint density at radius 3 is 2.60 bits per heavy atom. The maximum atomic E-state index is 12.0. The van der Waals surface area contributed by atoms with Gasteiger partial charge in [0.05, 0.1) is 11.9 Å². The van der Waals surface area contributed by atoms with Crippen molar-refractivity contribution in [3.8, 4) is 11.1 Å². The summed E-state index contributed by atoms with van der Waals surface area (Å²) in [6.45, 7) is 2.25. The zero-order valence-electron chi connectivity index (χ0n) is 20.2. The number of hydrogen-bond acceptors (Lipinski definition) is 6. The molecule has 5 rings (SSSR count). The minimum Gasteiger partial charge on any atom is -0.323 e. The largest absolute Gasteiger partial charge is 0.323 e. The molecule has 1 fully saturated rings. The van der Waals surface area contributed by atoms with Crippen molar-refractivity contribution in [3.63, 3.8) is 0 Å². The van der Waals surface area contributed by atoms with Crippen LogP contribution in [0.1, 0.15) is 25.7 Å². The highest BCUT2D eigenvalue weighted by Crippen LogP contribution is 2.31. The van der Waals surface area contributed by atoms with Crippen molar-refractivity contribution in [2.45, 2.75) is 18.8 Å². The van der Waals surface area contributed by atoms with E-state index in [0.29, 0.717) is 23.2 Å². The van der Waals surface area contributed by atoms with E-state index < -0.39 is 10.0 Å². The first-order valence-electron chi connectivity index (χ1n) is 11.7. The highest BCUT2D eigenvalue weighted by atomic mass is 32.2. The average molecular weight is 493 g/mol. The fourth-order valence-electron chi connectivity index (χ4n) is 4.59. The summed E-state index contributed by atoms with van der Waals surface area (Å²) in [5, 5.41) is 7.99. The Labute approximate surface area is 207 Å².